The SMILES string of the molecule is CC(C)(C)CCNc1ccc(F)cc1I. The van der Waals surface area contributed by atoms with E-state index in [9.17, 15) is 4.39 Å². The molecule has 0 aliphatic heterocycles. The van der Waals surface area contributed by atoms with E-state index in [0.717, 1.165) is 22.2 Å². The molecule has 0 saturated heterocycles. The molecule has 0 aromatic heterocycles. The Kier molecular flexibility index (Phi) is 4.37. The molecule has 1 N–H and O–H groups in total. The standard InChI is InChI=1S/C12H17FIN/c1-12(2,3)6-7-15-11-5-4-9(13)8-10(11)14/h4-5,8,15H,6-7H2,1-3H3. The number of hydrogen-bond donors (Lipinski definition) is 1. The first-order valence-corrected chi connectivity index (χ1v) is 6.15. The van der Waals surface area contributed by atoms with Crippen LogP contribution in [-0.2, 0) is 0 Å². The van der Waals surface area contributed by atoms with Gasteiger partial charge in [-0.25, -0.2) is 4.39 Å². The van der Waals surface area contributed by atoms with Gasteiger partial charge in [0.15, 0.2) is 0 Å². The molecule has 0 spiro atoms. The molecular weight excluding hydrogens is 304 g/mol. The molecular formula is C12H17FIN. The molecule has 0 saturated carbocycles. The van der Waals surface area contributed by atoms with Crippen molar-refractivity contribution >= 4 is 28.3 Å². The van der Waals surface area contributed by atoms with Crippen LogP contribution in [0.5, 0.6) is 0 Å². The average Bonchev–Trinajstić information content (AvgIpc) is 2.07. The van der Waals surface area contributed by atoms with Crippen LogP contribution < -0.4 is 5.32 Å². The Labute approximate surface area is 105 Å². The average molecular weight is 321 g/mol. The molecule has 1 rings (SSSR count). The number of anilines is 1. The van der Waals surface area contributed by atoms with E-state index in [-0.39, 0.29) is 5.82 Å². The van der Waals surface area contributed by atoms with Crippen LogP contribution in [0.2, 0.25) is 0 Å². The van der Waals surface area contributed by atoms with Gasteiger partial charge in [-0.15, -0.1) is 0 Å². The molecule has 15 heavy (non-hydrogen) atoms. The van der Waals surface area contributed by atoms with Crippen LogP contribution in [0.25, 0.3) is 0 Å². The third-order valence-electron chi connectivity index (χ3n) is 2.12. The van der Waals surface area contributed by atoms with Gasteiger partial charge in [0.05, 0.1) is 0 Å². The van der Waals surface area contributed by atoms with Crippen molar-refractivity contribution in [1.29, 1.82) is 0 Å². The van der Waals surface area contributed by atoms with Crippen molar-refractivity contribution in [3.05, 3.63) is 27.6 Å². The fourth-order valence-electron chi connectivity index (χ4n) is 1.21. The molecule has 1 aromatic rings. The van der Waals surface area contributed by atoms with Crippen molar-refractivity contribution in [1.82, 2.24) is 0 Å². The third-order valence-corrected chi connectivity index (χ3v) is 3.01. The van der Waals surface area contributed by atoms with E-state index in [4.69, 9.17) is 0 Å². The molecule has 1 aromatic carbocycles. The predicted molar refractivity (Wildman–Crippen MR) is 71.7 cm³/mol. The number of halogens is 2. The maximum absolute atomic E-state index is 12.8. The van der Waals surface area contributed by atoms with Crippen molar-refractivity contribution < 1.29 is 4.39 Å². The molecule has 0 radical (unpaired) electrons. The second-order valence-corrected chi connectivity index (χ2v) is 6.02. The topological polar surface area (TPSA) is 12.0 Å². The zero-order valence-corrected chi connectivity index (χ0v) is 11.6. The first-order chi connectivity index (χ1) is 6.88. The van der Waals surface area contributed by atoms with E-state index in [2.05, 4.69) is 48.7 Å². The van der Waals surface area contributed by atoms with Crippen molar-refractivity contribution in [2.24, 2.45) is 5.41 Å². The summed E-state index contributed by atoms with van der Waals surface area (Å²) in [6.45, 7) is 7.56. The van der Waals surface area contributed by atoms with Crippen molar-refractivity contribution in [2.45, 2.75) is 27.2 Å². The quantitative estimate of drug-likeness (QED) is 0.820. The second kappa shape index (κ2) is 5.14. The van der Waals surface area contributed by atoms with Gasteiger partial charge in [-0.05, 0) is 52.6 Å². The van der Waals surface area contributed by atoms with Gasteiger partial charge in [0.2, 0.25) is 0 Å². The molecule has 0 fully saturated rings. The second-order valence-electron chi connectivity index (χ2n) is 4.86. The minimum atomic E-state index is -0.180. The summed E-state index contributed by atoms with van der Waals surface area (Å²) in [5.41, 5.74) is 1.35. The maximum Gasteiger partial charge on any atom is 0.124 e. The van der Waals surface area contributed by atoms with Crippen LogP contribution in [0.3, 0.4) is 0 Å². The Balaban J connectivity index is 2.51. The summed E-state index contributed by atoms with van der Waals surface area (Å²) in [7, 11) is 0. The molecule has 1 nitrogen and oxygen atoms in total. The summed E-state index contributed by atoms with van der Waals surface area (Å²) >= 11 is 2.14. The molecule has 0 amide bonds. The van der Waals surface area contributed by atoms with Gasteiger partial charge < -0.3 is 5.32 Å². The number of nitrogens with one attached hydrogen (secondary N) is 1. The third kappa shape index (κ3) is 4.82. The summed E-state index contributed by atoms with van der Waals surface area (Å²) < 4.78 is 13.8. The molecule has 0 aliphatic rings. The van der Waals surface area contributed by atoms with Gasteiger partial charge in [0.1, 0.15) is 5.82 Å². The Bertz CT molecular complexity index is 331. The number of rotatable bonds is 3. The first kappa shape index (κ1) is 12.7. The van der Waals surface area contributed by atoms with E-state index >= 15 is 0 Å². The van der Waals surface area contributed by atoms with Crippen LogP contribution in [0.1, 0.15) is 27.2 Å². The Morgan fingerprint density at radius 1 is 1.33 bits per heavy atom. The van der Waals surface area contributed by atoms with Gasteiger partial charge in [0.25, 0.3) is 0 Å². The fraction of sp³-hybridized carbons (Fsp3) is 0.500. The van der Waals surface area contributed by atoms with Crippen LogP contribution >= 0.6 is 22.6 Å². The molecule has 3 heteroatoms. The Morgan fingerprint density at radius 2 is 2.00 bits per heavy atom. The zero-order chi connectivity index (χ0) is 11.5. The van der Waals surface area contributed by atoms with Crippen molar-refractivity contribution in [3.8, 4) is 0 Å². The molecule has 0 heterocycles. The summed E-state index contributed by atoms with van der Waals surface area (Å²) in [6.07, 6.45) is 1.10. The van der Waals surface area contributed by atoms with Gasteiger partial charge in [0, 0.05) is 15.8 Å². The highest BCUT2D eigenvalue weighted by atomic mass is 127. The number of benzene rings is 1. The predicted octanol–water partition coefficient (Wildman–Crippen LogP) is 4.28. The first-order valence-electron chi connectivity index (χ1n) is 5.07. The van der Waals surface area contributed by atoms with Gasteiger partial charge in [-0.2, -0.15) is 0 Å². The lowest BCUT2D eigenvalue weighted by Crippen LogP contribution is -2.13. The lowest BCUT2D eigenvalue weighted by molar-refractivity contribution is 0.390. The summed E-state index contributed by atoms with van der Waals surface area (Å²) in [4.78, 5) is 0. The zero-order valence-electron chi connectivity index (χ0n) is 9.40. The minimum absolute atomic E-state index is 0.180. The van der Waals surface area contributed by atoms with E-state index in [1.54, 1.807) is 12.1 Å². The highest BCUT2D eigenvalue weighted by Crippen LogP contribution is 2.21. The highest BCUT2D eigenvalue weighted by Gasteiger charge is 2.09. The Morgan fingerprint density at radius 3 is 2.53 bits per heavy atom. The van der Waals surface area contributed by atoms with Crippen LogP contribution in [-0.4, -0.2) is 6.54 Å². The summed E-state index contributed by atoms with van der Waals surface area (Å²) in [5, 5.41) is 3.32. The summed E-state index contributed by atoms with van der Waals surface area (Å²) in [5.74, 6) is -0.180. The maximum atomic E-state index is 12.8. The van der Waals surface area contributed by atoms with Crippen LogP contribution in [0, 0.1) is 14.8 Å². The van der Waals surface area contributed by atoms with Crippen LogP contribution in [0.4, 0.5) is 10.1 Å². The monoisotopic (exact) mass is 321 g/mol. The minimum Gasteiger partial charge on any atom is -0.384 e. The van der Waals surface area contributed by atoms with Gasteiger partial charge in [-0.1, -0.05) is 20.8 Å². The van der Waals surface area contributed by atoms with Crippen molar-refractivity contribution in [2.75, 3.05) is 11.9 Å². The van der Waals surface area contributed by atoms with Crippen molar-refractivity contribution in [3.63, 3.8) is 0 Å². The fourth-order valence-corrected chi connectivity index (χ4v) is 1.87. The normalized spacial score (nSPS) is 11.5. The van der Waals surface area contributed by atoms with E-state index in [0.29, 0.717) is 5.41 Å². The Hall–Kier alpha value is -0.320. The molecule has 0 aliphatic carbocycles. The van der Waals surface area contributed by atoms with Crippen LogP contribution in [0.15, 0.2) is 18.2 Å². The smallest absolute Gasteiger partial charge is 0.124 e. The summed E-state index contributed by atoms with van der Waals surface area (Å²) in [6, 6.07) is 4.82. The van der Waals surface area contributed by atoms with E-state index in [1.807, 2.05) is 0 Å². The lowest BCUT2D eigenvalue weighted by Gasteiger charge is -2.19. The molecule has 0 unspecified atom stereocenters. The lowest BCUT2D eigenvalue weighted by atomic mass is 9.92. The molecule has 0 atom stereocenters. The van der Waals surface area contributed by atoms with E-state index in [1.165, 1.54) is 6.07 Å². The largest absolute Gasteiger partial charge is 0.384 e. The van der Waals surface area contributed by atoms with Gasteiger partial charge >= 0.3 is 0 Å². The molecule has 0 bridgehead atoms. The van der Waals surface area contributed by atoms with E-state index < -0.39 is 0 Å². The van der Waals surface area contributed by atoms with Gasteiger partial charge in [-0.3, -0.25) is 0 Å². The molecule has 84 valence electrons. The highest BCUT2D eigenvalue weighted by molar-refractivity contribution is 14.1. The number of hydrogen-bond acceptors (Lipinski definition) is 1.